The number of imide groups is 1. The van der Waals surface area contributed by atoms with Gasteiger partial charge in [-0.05, 0) is 24.6 Å². The van der Waals surface area contributed by atoms with Crippen molar-refractivity contribution in [3.05, 3.63) is 91.4 Å². The Labute approximate surface area is 243 Å². The Morgan fingerprint density at radius 1 is 0.846 bits per heavy atom. The summed E-state index contributed by atoms with van der Waals surface area (Å²) in [6.07, 6.45) is -0.101. The number of anilines is 1. The average molecular weight is 610 g/mol. The number of halogens is 4. The van der Waals surface area contributed by atoms with E-state index in [0.717, 1.165) is 0 Å². The lowest BCUT2D eigenvalue weighted by Gasteiger charge is -2.24. The van der Waals surface area contributed by atoms with Gasteiger partial charge >= 0.3 is 5.97 Å². The van der Waals surface area contributed by atoms with Gasteiger partial charge in [-0.3, -0.25) is 19.3 Å². The number of rotatable bonds is 9. The van der Waals surface area contributed by atoms with Crippen LogP contribution >= 0.6 is 46.4 Å². The first-order valence-corrected chi connectivity index (χ1v) is 13.1. The van der Waals surface area contributed by atoms with Crippen molar-refractivity contribution in [2.45, 2.75) is 19.4 Å². The molecule has 0 unspecified atom stereocenters. The number of ether oxygens (including phenoxy) is 2. The highest BCUT2D eigenvalue weighted by Gasteiger charge is 2.47. The predicted molar refractivity (Wildman–Crippen MR) is 148 cm³/mol. The Bertz CT molecular complexity index is 1420. The van der Waals surface area contributed by atoms with Gasteiger partial charge in [0.1, 0.15) is 11.8 Å². The number of carbonyl (C=O) groups excluding carboxylic acids is 4. The van der Waals surface area contributed by atoms with Crippen LogP contribution in [0.2, 0.25) is 20.1 Å². The minimum Gasteiger partial charge on any atom is -0.492 e. The summed E-state index contributed by atoms with van der Waals surface area (Å²) in [7, 11) is 0. The molecule has 12 heteroatoms. The highest BCUT2D eigenvalue weighted by molar-refractivity contribution is 6.55. The molecule has 0 saturated carbocycles. The topological polar surface area (TPSA) is 102 Å². The standard InChI is InChI=1S/C27H20Cl4N2O6/c1-2-38-17-11-7-6-10-15(17)32-18(34)13-39-27(37)16(12-14-8-4-3-5-9-14)33-25(35)19-20(26(33)36)22(29)24(31)23(30)21(19)28/h3-11,16H,2,12-13H2,1H3,(H,32,34)/t16-/m1/s1. The van der Waals surface area contributed by atoms with E-state index >= 15 is 0 Å². The van der Waals surface area contributed by atoms with E-state index in [1.807, 2.05) is 0 Å². The fraction of sp³-hybridized carbons (Fsp3) is 0.185. The molecule has 1 N–H and O–H groups in total. The molecular formula is C27H20Cl4N2O6. The van der Waals surface area contributed by atoms with Gasteiger partial charge in [-0.2, -0.15) is 0 Å². The molecule has 8 nitrogen and oxygen atoms in total. The molecule has 0 radical (unpaired) electrons. The zero-order valence-electron chi connectivity index (χ0n) is 20.3. The Morgan fingerprint density at radius 2 is 1.41 bits per heavy atom. The van der Waals surface area contributed by atoms with Gasteiger partial charge in [0.2, 0.25) is 0 Å². The van der Waals surface area contributed by atoms with Crippen LogP contribution in [0.5, 0.6) is 5.75 Å². The number of fused-ring (bicyclic) bond motifs is 1. The van der Waals surface area contributed by atoms with E-state index in [9.17, 15) is 19.2 Å². The summed E-state index contributed by atoms with van der Waals surface area (Å²) in [6, 6.07) is 14.0. The van der Waals surface area contributed by atoms with E-state index in [1.54, 1.807) is 61.5 Å². The molecular weight excluding hydrogens is 590 g/mol. The quantitative estimate of drug-likeness (QED) is 0.136. The van der Waals surface area contributed by atoms with Crippen LogP contribution < -0.4 is 10.1 Å². The molecule has 39 heavy (non-hydrogen) atoms. The molecule has 3 aromatic carbocycles. The number of amides is 3. The first kappa shape index (κ1) is 28.7. The zero-order chi connectivity index (χ0) is 28.3. The van der Waals surface area contributed by atoms with Crippen LogP contribution in [0.3, 0.4) is 0 Å². The summed E-state index contributed by atoms with van der Waals surface area (Å²) in [5, 5.41) is 1.69. The summed E-state index contributed by atoms with van der Waals surface area (Å²) in [5.74, 6) is -2.99. The number of benzene rings is 3. The lowest BCUT2D eigenvalue weighted by molar-refractivity contribution is -0.151. The van der Waals surface area contributed by atoms with Gasteiger partial charge in [-0.1, -0.05) is 88.9 Å². The third kappa shape index (κ3) is 5.84. The first-order chi connectivity index (χ1) is 18.6. The first-order valence-electron chi connectivity index (χ1n) is 11.6. The Hall–Kier alpha value is -3.30. The highest BCUT2D eigenvalue weighted by atomic mass is 35.5. The molecule has 202 valence electrons. The van der Waals surface area contributed by atoms with Gasteiger partial charge in [-0.15, -0.1) is 0 Å². The SMILES string of the molecule is CCOc1ccccc1NC(=O)COC(=O)[C@@H](Cc1ccccc1)N1C(=O)c2c(Cl)c(Cl)c(Cl)c(Cl)c2C1=O. The minimum atomic E-state index is -1.45. The van der Waals surface area contributed by atoms with E-state index in [-0.39, 0.29) is 37.6 Å². The van der Waals surface area contributed by atoms with Gasteiger partial charge < -0.3 is 14.8 Å². The van der Waals surface area contributed by atoms with Crippen LogP contribution in [0, 0.1) is 0 Å². The average Bonchev–Trinajstić information content (AvgIpc) is 3.19. The van der Waals surface area contributed by atoms with Crippen LogP contribution in [0.4, 0.5) is 5.69 Å². The number of hydrogen-bond acceptors (Lipinski definition) is 6. The maximum atomic E-state index is 13.4. The van der Waals surface area contributed by atoms with E-state index in [1.165, 1.54) is 0 Å². The van der Waals surface area contributed by atoms with Gasteiger partial charge in [0, 0.05) is 6.42 Å². The molecule has 0 spiro atoms. The number of para-hydroxylation sites is 2. The summed E-state index contributed by atoms with van der Waals surface area (Å²) in [6.45, 7) is 1.50. The normalized spacial score (nSPS) is 13.2. The molecule has 0 fully saturated rings. The van der Waals surface area contributed by atoms with E-state index in [2.05, 4.69) is 5.32 Å². The van der Waals surface area contributed by atoms with E-state index in [4.69, 9.17) is 55.9 Å². The lowest BCUT2D eigenvalue weighted by atomic mass is 10.0. The van der Waals surface area contributed by atoms with Crippen molar-refractivity contribution in [1.29, 1.82) is 0 Å². The smallest absolute Gasteiger partial charge is 0.330 e. The number of esters is 1. The lowest BCUT2D eigenvalue weighted by Crippen LogP contribution is -2.47. The summed E-state index contributed by atoms with van der Waals surface area (Å²) in [5.41, 5.74) is 0.480. The molecule has 0 saturated heterocycles. The van der Waals surface area contributed by atoms with Crippen molar-refractivity contribution in [3.63, 3.8) is 0 Å². The number of nitrogens with one attached hydrogen (secondary N) is 1. The number of carbonyl (C=O) groups is 4. The molecule has 0 aliphatic carbocycles. The van der Waals surface area contributed by atoms with Crippen molar-refractivity contribution in [2.24, 2.45) is 0 Å². The maximum absolute atomic E-state index is 13.4. The van der Waals surface area contributed by atoms with Crippen LogP contribution in [-0.4, -0.2) is 47.8 Å². The van der Waals surface area contributed by atoms with Gasteiger partial charge in [0.15, 0.2) is 6.61 Å². The van der Waals surface area contributed by atoms with Crippen LogP contribution in [0.1, 0.15) is 33.2 Å². The van der Waals surface area contributed by atoms with Gasteiger partial charge in [0.05, 0.1) is 43.5 Å². The van der Waals surface area contributed by atoms with E-state index in [0.29, 0.717) is 28.5 Å². The Balaban J connectivity index is 1.59. The molecule has 1 aliphatic rings. The van der Waals surface area contributed by atoms with Gasteiger partial charge in [0.25, 0.3) is 17.7 Å². The maximum Gasteiger partial charge on any atom is 0.330 e. The third-order valence-corrected chi connectivity index (χ3v) is 7.60. The van der Waals surface area contributed by atoms with Crippen LogP contribution in [-0.2, 0) is 20.7 Å². The van der Waals surface area contributed by atoms with Crippen molar-refractivity contribution in [1.82, 2.24) is 4.90 Å². The molecule has 3 aromatic rings. The molecule has 0 bridgehead atoms. The second-order valence-corrected chi connectivity index (χ2v) is 9.79. The van der Waals surface area contributed by atoms with Crippen molar-refractivity contribution in [2.75, 3.05) is 18.5 Å². The Morgan fingerprint density at radius 3 is 2.00 bits per heavy atom. The third-order valence-electron chi connectivity index (χ3n) is 5.79. The largest absolute Gasteiger partial charge is 0.492 e. The zero-order valence-corrected chi connectivity index (χ0v) is 23.3. The molecule has 1 aliphatic heterocycles. The summed E-state index contributed by atoms with van der Waals surface area (Å²) in [4.78, 5) is 53.4. The van der Waals surface area contributed by atoms with Gasteiger partial charge in [-0.25, -0.2) is 4.79 Å². The molecule has 4 rings (SSSR count). The van der Waals surface area contributed by atoms with E-state index < -0.39 is 36.3 Å². The molecule has 1 atom stereocenters. The molecule has 0 aromatic heterocycles. The van der Waals surface area contributed by atoms with Crippen molar-refractivity contribution >= 4 is 75.8 Å². The second kappa shape index (κ2) is 12.3. The minimum absolute atomic E-state index is 0.101. The van der Waals surface area contributed by atoms with Crippen LogP contribution in [0.25, 0.3) is 0 Å². The summed E-state index contributed by atoms with van der Waals surface area (Å²) < 4.78 is 10.8. The summed E-state index contributed by atoms with van der Waals surface area (Å²) >= 11 is 24.7. The molecule has 3 amide bonds. The number of hydrogen-bond donors (Lipinski definition) is 1. The van der Waals surface area contributed by atoms with Crippen LogP contribution in [0.15, 0.2) is 54.6 Å². The number of nitrogens with zero attached hydrogens (tertiary/aromatic N) is 1. The predicted octanol–water partition coefficient (Wildman–Crippen LogP) is 6.09. The Kier molecular flexibility index (Phi) is 9.02. The fourth-order valence-corrected chi connectivity index (χ4v) is 5.05. The van der Waals surface area contributed by atoms with Crippen molar-refractivity contribution < 1.29 is 28.7 Å². The monoisotopic (exact) mass is 608 g/mol. The highest BCUT2D eigenvalue weighted by Crippen LogP contribution is 2.45. The van der Waals surface area contributed by atoms with Crippen molar-refractivity contribution in [3.8, 4) is 5.75 Å². The second-order valence-electron chi connectivity index (χ2n) is 8.28. The molecule has 1 heterocycles. The fourth-order valence-electron chi connectivity index (χ4n) is 4.04.